The number of likely N-dealkylation sites (N-methyl/N-ethyl adjacent to an activating group) is 1. The van der Waals surface area contributed by atoms with Crippen LogP contribution in [0.4, 0.5) is 11.4 Å². The number of anilines is 2. The Morgan fingerprint density at radius 2 is 1.55 bits per heavy atom. The van der Waals surface area contributed by atoms with Crippen LogP contribution in [0.3, 0.4) is 0 Å². The van der Waals surface area contributed by atoms with Crippen LogP contribution < -0.4 is 24.4 Å². The second-order valence-electron chi connectivity index (χ2n) is 6.80. The molecule has 29 heavy (non-hydrogen) atoms. The third-order valence-electron chi connectivity index (χ3n) is 5.26. The summed E-state index contributed by atoms with van der Waals surface area (Å²) in [6, 6.07) is 11.2. The van der Waals surface area contributed by atoms with Crippen LogP contribution in [0.25, 0.3) is 0 Å². The SMILES string of the molecule is CCN1CCN(c2ccccc2NC(=O)c2cc(OC)c(OC)cc2OC)CC1. The highest BCUT2D eigenvalue weighted by Gasteiger charge is 2.21. The number of methoxy groups -OCH3 is 3. The van der Waals surface area contributed by atoms with Crippen molar-refractivity contribution < 1.29 is 19.0 Å². The van der Waals surface area contributed by atoms with Crippen LogP contribution >= 0.6 is 0 Å². The number of hydrogen-bond donors (Lipinski definition) is 1. The summed E-state index contributed by atoms with van der Waals surface area (Å²) < 4.78 is 16.0. The van der Waals surface area contributed by atoms with Gasteiger partial charge in [-0.25, -0.2) is 0 Å². The van der Waals surface area contributed by atoms with Crippen LogP contribution in [-0.2, 0) is 0 Å². The lowest BCUT2D eigenvalue weighted by molar-refractivity contribution is 0.102. The average molecular weight is 399 g/mol. The first-order chi connectivity index (χ1) is 14.1. The zero-order chi connectivity index (χ0) is 20.8. The molecule has 0 saturated carbocycles. The Morgan fingerprint density at radius 3 is 2.17 bits per heavy atom. The Morgan fingerprint density at radius 1 is 0.931 bits per heavy atom. The molecule has 1 aliphatic heterocycles. The zero-order valence-corrected chi connectivity index (χ0v) is 17.5. The van der Waals surface area contributed by atoms with Crippen LogP contribution in [0.2, 0.25) is 0 Å². The summed E-state index contributed by atoms with van der Waals surface area (Å²) in [7, 11) is 4.61. The lowest BCUT2D eigenvalue weighted by atomic mass is 10.1. The van der Waals surface area contributed by atoms with E-state index in [9.17, 15) is 4.79 Å². The van der Waals surface area contributed by atoms with Gasteiger partial charge >= 0.3 is 0 Å². The van der Waals surface area contributed by atoms with Crippen LogP contribution in [-0.4, -0.2) is 64.9 Å². The van der Waals surface area contributed by atoms with Gasteiger partial charge in [0.1, 0.15) is 5.75 Å². The standard InChI is InChI=1S/C22H29N3O4/c1-5-24-10-12-25(13-11-24)18-9-7-6-8-17(18)23-22(26)16-14-20(28-3)21(29-4)15-19(16)27-2/h6-9,14-15H,5,10-13H2,1-4H3,(H,23,26). The summed E-state index contributed by atoms with van der Waals surface area (Å²) in [4.78, 5) is 17.8. The highest BCUT2D eigenvalue weighted by atomic mass is 16.5. The quantitative estimate of drug-likeness (QED) is 0.772. The first-order valence-electron chi connectivity index (χ1n) is 9.79. The largest absolute Gasteiger partial charge is 0.496 e. The fourth-order valence-electron chi connectivity index (χ4n) is 3.56. The molecule has 0 bridgehead atoms. The summed E-state index contributed by atoms with van der Waals surface area (Å²) in [5, 5.41) is 3.04. The van der Waals surface area contributed by atoms with E-state index in [2.05, 4.69) is 22.0 Å². The molecule has 2 aromatic rings. The molecule has 1 aliphatic rings. The van der Waals surface area contributed by atoms with E-state index in [1.165, 1.54) is 14.2 Å². The predicted molar refractivity (Wildman–Crippen MR) is 115 cm³/mol. The van der Waals surface area contributed by atoms with Gasteiger partial charge < -0.3 is 29.3 Å². The van der Waals surface area contributed by atoms with E-state index >= 15 is 0 Å². The van der Waals surface area contributed by atoms with Gasteiger partial charge in [0.15, 0.2) is 11.5 Å². The van der Waals surface area contributed by atoms with Gasteiger partial charge in [-0.2, -0.15) is 0 Å². The molecule has 1 heterocycles. The molecule has 0 radical (unpaired) electrons. The van der Waals surface area contributed by atoms with Crippen molar-refractivity contribution in [3.8, 4) is 17.2 Å². The number of carbonyl (C=O) groups excluding carboxylic acids is 1. The molecule has 1 saturated heterocycles. The van der Waals surface area contributed by atoms with Crippen molar-refractivity contribution in [2.75, 3.05) is 64.3 Å². The highest BCUT2D eigenvalue weighted by Crippen LogP contribution is 2.35. The van der Waals surface area contributed by atoms with E-state index in [4.69, 9.17) is 14.2 Å². The molecule has 0 atom stereocenters. The van der Waals surface area contributed by atoms with Gasteiger partial charge in [-0.1, -0.05) is 19.1 Å². The van der Waals surface area contributed by atoms with Crippen LogP contribution in [0, 0.1) is 0 Å². The number of rotatable bonds is 7. The van der Waals surface area contributed by atoms with Crippen molar-refractivity contribution in [1.29, 1.82) is 0 Å². The third-order valence-corrected chi connectivity index (χ3v) is 5.26. The molecule has 0 spiro atoms. The first kappa shape index (κ1) is 20.8. The molecule has 7 nitrogen and oxygen atoms in total. The number of nitrogens with zero attached hydrogens (tertiary/aromatic N) is 2. The topological polar surface area (TPSA) is 63.3 Å². The minimum absolute atomic E-state index is 0.262. The molecule has 0 aromatic heterocycles. The van der Waals surface area contributed by atoms with Crippen LogP contribution in [0.5, 0.6) is 17.2 Å². The molecular weight excluding hydrogens is 370 g/mol. The summed E-state index contributed by atoms with van der Waals surface area (Å²) >= 11 is 0. The first-order valence-corrected chi connectivity index (χ1v) is 9.79. The Bertz CT molecular complexity index is 848. The summed E-state index contributed by atoms with van der Waals surface area (Å²) in [5.41, 5.74) is 2.19. The number of amides is 1. The number of para-hydroxylation sites is 2. The van der Waals surface area contributed by atoms with Crippen molar-refractivity contribution in [2.45, 2.75) is 6.92 Å². The van der Waals surface area contributed by atoms with Gasteiger partial charge in [0.2, 0.25) is 0 Å². The van der Waals surface area contributed by atoms with Gasteiger partial charge in [0.05, 0.1) is 38.3 Å². The van der Waals surface area contributed by atoms with Crippen molar-refractivity contribution >= 4 is 17.3 Å². The lowest BCUT2D eigenvalue weighted by Gasteiger charge is -2.36. The Balaban J connectivity index is 1.85. The maximum atomic E-state index is 13.1. The normalized spacial score (nSPS) is 14.4. The average Bonchev–Trinajstić information content (AvgIpc) is 2.78. The van der Waals surface area contributed by atoms with E-state index in [0.717, 1.165) is 44.1 Å². The number of ether oxygens (including phenoxy) is 3. The van der Waals surface area contributed by atoms with E-state index < -0.39 is 0 Å². The fourth-order valence-corrected chi connectivity index (χ4v) is 3.56. The van der Waals surface area contributed by atoms with E-state index in [1.54, 1.807) is 19.2 Å². The number of piperazine rings is 1. The summed E-state index contributed by atoms with van der Waals surface area (Å²) in [6.07, 6.45) is 0. The molecule has 0 aliphatic carbocycles. The monoisotopic (exact) mass is 399 g/mol. The molecule has 1 amide bonds. The second kappa shape index (κ2) is 9.52. The van der Waals surface area contributed by atoms with Crippen molar-refractivity contribution in [1.82, 2.24) is 4.90 Å². The maximum Gasteiger partial charge on any atom is 0.259 e. The molecular formula is C22H29N3O4. The van der Waals surface area contributed by atoms with E-state index in [1.807, 2.05) is 24.3 Å². The second-order valence-corrected chi connectivity index (χ2v) is 6.80. The van der Waals surface area contributed by atoms with Gasteiger partial charge in [-0.3, -0.25) is 4.79 Å². The molecule has 1 N–H and O–H groups in total. The fraction of sp³-hybridized carbons (Fsp3) is 0.409. The van der Waals surface area contributed by atoms with Crippen molar-refractivity contribution in [2.24, 2.45) is 0 Å². The summed E-state index contributed by atoms with van der Waals surface area (Å²) in [6.45, 7) is 7.14. The molecule has 7 heteroatoms. The number of benzene rings is 2. The number of hydrogen-bond acceptors (Lipinski definition) is 6. The molecule has 0 unspecified atom stereocenters. The Kier molecular flexibility index (Phi) is 6.82. The van der Waals surface area contributed by atoms with Gasteiger partial charge in [0.25, 0.3) is 5.91 Å². The number of nitrogens with one attached hydrogen (secondary N) is 1. The van der Waals surface area contributed by atoms with Gasteiger partial charge in [0, 0.05) is 38.3 Å². The minimum Gasteiger partial charge on any atom is -0.496 e. The van der Waals surface area contributed by atoms with Crippen molar-refractivity contribution in [3.63, 3.8) is 0 Å². The molecule has 2 aromatic carbocycles. The van der Waals surface area contributed by atoms with E-state index in [0.29, 0.717) is 22.8 Å². The lowest BCUT2D eigenvalue weighted by Crippen LogP contribution is -2.46. The molecule has 156 valence electrons. The highest BCUT2D eigenvalue weighted by molar-refractivity contribution is 6.08. The maximum absolute atomic E-state index is 13.1. The van der Waals surface area contributed by atoms with Crippen molar-refractivity contribution in [3.05, 3.63) is 42.0 Å². The van der Waals surface area contributed by atoms with Crippen LogP contribution in [0.1, 0.15) is 17.3 Å². The molecule has 3 rings (SSSR count). The van der Waals surface area contributed by atoms with E-state index in [-0.39, 0.29) is 5.91 Å². The minimum atomic E-state index is -0.262. The summed E-state index contributed by atoms with van der Waals surface area (Å²) in [5.74, 6) is 1.15. The molecule has 1 fully saturated rings. The third kappa shape index (κ3) is 4.56. The smallest absolute Gasteiger partial charge is 0.259 e. The predicted octanol–water partition coefficient (Wildman–Crippen LogP) is 3.11. The van der Waals surface area contributed by atoms with Gasteiger partial charge in [-0.15, -0.1) is 0 Å². The van der Waals surface area contributed by atoms with Crippen LogP contribution in [0.15, 0.2) is 36.4 Å². The Hall–Kier alpha value is -2.93. The Labute approximate surface area is 172 Å². The zero-order valence-electron chi connectivity index (χ0n) is 17.5. The van der Waals surface area contributed by atoms with Gasteiger partial charge in [-0.05, 0) is 18.7 Å². The number of carbonyl (C=O) groups is 1.